The number of halogens is 1. The number of carbonyl (C=O) groups is 1. The molecule has 1 amide bonds. The molecule has 0 bridgehead atoms. The van der Waals surface area contributed by atoms with Gasteiger partial charge in [-0.25, -0.2) is 13.6 Å². The lowest BCUT2D eigenvalue weighted by Crippen LogP contribution is -2.32. The van der Waals surface area contributed by atoms with Gasteiger partial charge in [-0.05, 0) is 12.1 Å². The van der Waals surface area contributed by atoms with Gasteiger partial charge in [0, 0.05) is 24.1 Å². The Morgan fingerprint density at radius 1 is 1.47 bits per heavy atom. The van der Waals surface area contributed by atoms with Gasteiger partial charge in [-0.15, -0.1) is 0 Å². The number of anilines is 1. The van der Waals surface area contributed by atoms with E-state index in [1.165, 1.54) is 12.0 Å². The molecule has 1 aromatic rings. The number of rotatable bonds is 3. The first-order valence-electron chi connectivity index (χ1n) is 5.48. The quantitative estimate of drug-likeness (QED) is 0.892. The normalized spacial score (nSPS) is 19.8. The van der Waals surface area contributed by atoms with Crippen molar-refractivity contribution < 1.29 is 17.9 Å². The molecular formula is C11H13ClN2O4S. The van der Waals surface area contributed by atoms with E-state index in [-0.39, 0.29) is 18.9 Å². The zero-order valence-electron chi connectivity index (χ0n) is 10.2. The summed E-state index contributed by atoms with van der Waals surface area (Å²) >= 11 is 5.84. The van der Waals surface area contributed by atoms with Crippen LogP contribution in [0, 0.1) is 0 Å². The topological polar surface area (TPSA) is 89.7 Å². The van der Waals surface area contributed by atoms with E-state index in [0.717, 1.165) is 0 Å². The van der Waals surface area contributed by atoms with Crippen LogP contribution in [0.4, 0.5) is 5.69 Å². The monoisotopic (exact) mass is 304 g/mol. The lowest BCUT2D eigenvalue weighted by molar-refractivity contribution is -0.117. The first kappa shape index (κ1) is 14.1. The van der Waals surface area contributed by atoms with Crippen LogP contribution in [0.5, 0.6) is 5.75 Å². The largest absolute Gasteiger partial charge is 0.495 e. The summed E-state index contributed by atoms with van der Waals surface area (Å²) in [5.74, 6) is 0.107. The van der Waals surface area contributed by atoms with Crippen LogP contribution < -0.4 is 14.8 Å². The molecule has 1 fully saturated rings. The van der Waals surface area contributed by atoms with Crippen molar-refractivity contribution in [2.75, 3.05) is 18.6 Å². The van der Waals surface area contributed by atoms with Gasteiger partial charge in [0.1, 0.15) is 11.0 Å². The molecule has 1 aliphatic rings. The molecule has 0 saturated carbocycles. The predicted octanol–water partition coefficient (Wildman–Crippen LogP) is 0.742. The summed E-state index contributed by atoms with van der Waals surface area (Å²) in [5.41, 5.74) is 0.489. The predicted molar refractivity (Wildman–Crippen MR) is 71.9 cm³/mol. The Morgan fingerprint density at radius 2 is 2.16 bits per heavy atom. The molecule has 1 heterocycles. The Kier molecular flexibility index (Phi) is 3.71. The van der Waals surface area contributed by atoms with Crippen molar-refractivity contribution in [3.63, 3.8) is 0 Å². The Balaban J connectivity index is 2.36. The van der Waals surface area contributed by atoms with Crippen LogP contribution >= 0.6 is 11.6 Å². The second-order valence-electron chi connectivity index (χ2n) is 4.24. The number of ether oxygens (including phenoxy) is 1. The van der Waals surface area contributed by atoms with Gasteiger partial charge in [0.2, 0.25) is 15.9 Å². The summed E-state index contributed by atoms with van der Waals surface area (Å²) in [7, 11) is -2.28. The van der Waals surface area contributed by atoms with Gasteiger partial charge in [0.05, 0.1) is 12.8 Å². The van der Waals surface area contributed by atoms with E-state index >= 15 is 0 Å². The summed E-state index contributed by atoms with van der Waals surface area (Å²) in [6.45, 7) is 0.0235. The van der Waals surface area contributed by atoms with Gasteiger partial charge in [-0.1, -0.05) is 11.6 Å². The minimum Gasteiger partial charge on any atom is -0.495 e. The number of nitrogens with two attached hydrogens (primary N) is 1. The second-order valence-corrected chi connectivity index (χ2v) is 6.52. The van der Waals surface area contributed by atoms with Crippen molar-refractivity contribution in [1.82, 2.24) is 0 Å². The number of hydrogen-bond donors (Lipinski definition) is 1. The molecule has 19 heavy (non-hydrogen) atoms. The summed E-state index contributed by atoms with van der Waals surface area (Å²) in [6.07, 6.45) is -0.120. The highest BCUT2D eigenvalue weighted by Gasteiger charge is 2.38. The summed E-state index contributed by atoms with van der Waals surface area (Å²) in [5, 5.41) is 4.66. The Labute approximate surface area is 116 Å². The molecule has 1 unspecified atom stereocenters. The van der Waals surface area contributed by atoms with Crippen molar-refractivity contribution in [2.24, 2.45) is 5.14 Å². The molecule has 1 saturated heterocycles. The van der Waals surface area contributed by atoms with E-state index in [0.29, 0.717) is 16.5 Å². The molecule has 1 atom stereocenters. The molecule has 104 valence electrons. The zero-order valence-corrected chi connectivity index (χ0v) is 11.7. The maximum Gasteiger partial charge on any atom is 0.228 e. The van der Waals surface area contributed by atoms with Crippen molar-refractivity contribution in [2.45, 2.75) is 11.7 Å². The molecule has 8 heteroatoms. The number of benzene rings is 1. The number of sulfonamides is 1. The van der Waals surface area contributed by atoms with E-state index in [9.17, 15) is 13.2 Å². The van der Waals surface area contributed by atoms with Crippen LogP contribution in [0.25, 0.3) is 0 Å². The number of carbonyl (C=O) groups excluding carboxylic acids is 1. The third-order valence-corrected chi connectivity index (χ3v) is 4.47. The van der Waals surface area contributed by atoms with Crippen LogP contribution in [-0.2, 0) is 14.8 Å². The molecule has 0 aromatic heterocycles. The van der Waals surface area contributed by atoms with Crippen LogP contribution in [-0.4, -0.2) is 33.2 Å². The maximum absolute atomic E-state index is 11.9. The fourth-order valence-corrected chi connectivity index (χ4v) is 2.90. The van der Waals surface area contributed by atoms with Crippen molar-refractivity contribution >= 4 is 33.2 Å². The number of amides is 1. The molecule has 0 spiro atoms. The van der Waals surface area contributed by atoms with Crippen LogP contribution in [0.2, 0.25) is 5.02 Å². The van der Waals surface area contributed by atoms with E-state index in [1.54, 1.807) is 18.2 Å². The smallest absolute Gasteiger partial charge is 0.228 e. The van der Waals surface area contributed by atoms with Gasteiger partial charge in [0.15, 0.2) is 0 Å². The molecule has 1 aromatic carbocycles. The molecule has 0 aliphatic carbocycles. The third-order valence-electron chi connectivity index (χ3n) is 2.99. The third kappa shape index (κ3) is 2.83. The second kappa shape index (κ2) is 4.99. The van der Waals surface area contributed by atoms with Crippen LogP contribution in [0.15, 0.2) is 18.2 Å². The highest BCUT2D eigenvalue weighted by Crippen LogP contribution is 2.34. The zero-order chi connectivity index (χ0) is 14.2. The Hall–Kier alpha value is -1.31. The SMILES string of the molecule is COc1cc(Cl)ccc1N1CC(S(N)(=O)=O)CC1=O. The number of primary sulfonamides is 1. The highest BCUT2D eigenvalue weighted by atomic mass is 35.5. The average Bonchev–Trinajstić information content (AvgIpc) is 2.71. The first-order chi connectivity index (χ1) is 8.82. The summed E-state index contributed by atoms with van der Waals surface area (Å²) < 4.78 is 27.8. The van der Waals surface area contributed by atoms with E-state index < -0.39 is 15.3 Å². The fraction of sp³-hybridized carbons (Fsp3) is 0.364. The van der Waals surface area contributed by atoms with Gasteiger partial charge in [0.25, 0.3) is 0 Å². The van der Waals surface area contributed by atoms with E-state index in [2.05, 4.69) is 0 Å². The Bertz CT molecular complexity index is 617. The van der Waals surface area contributed by atoms with Crippen molar-refractivity contribution in [3.05, 3.63) is 23.2 Å². The van der Waals surface area contributed by atoms with Gasteiger partial charge >= 0.3 is 0 Å². The maximum atomic E-state index is 11.9. The van der Waals surface area contributed by atoms with Crippen molar-refractivity contribution in [3.8, 4) is 5.75 Å². The molecule has 2 rings (SSSR count). The molecule has 0 radical (unpaired) electrons. The standard InChI is InChI=1S/C11H13ClN2O4S/c1-18-10-4-7(12)2-3-9(10)14-6-8(5-11(14)15)19(13,16)17/h2-4,8H,5-6H2,1H3,(H2,13,16,17). The lowest BCUT2D eigenvalue weighted by atomic mass is 10.2. The van der Waals surface area contributed by atoms with E-state index in [4.69, 9.17) is 21.5 Å². The van der Waals surface area contributed by atoms with Gasteiger partial charge in [-0.2, -0.15) is 0 Å². The molecular weight excluding hydrogens is 292 g/mol. The van der Waals surface area contributed by atoms with Gasteiger partial charge < -0.3 is 9.64 Å². The summed E-state index contributed by atoms with van der Waals surface area (Å²) in [4.78, 5) is 13.3. The average molecular weight is 305 g/mol. The summed E-state index contributed by atoms with van der Waals surface area (Å²) in [6, 6.07) is 4.79. The molecule has 2 N–H and O–H groups in total. The van der Waals surface area contributed by atoms with E-state index in [1.807, 2.05) is 0 Å². The first-order valence-corrected chi connectivity index (χ1v) is 7.47. The fourth-order valence-electron chi connectivity index (χ4n) is 2.00. The number of hydrogen-bond acceptors (Lipinski definition) is 4. The minimum atomic E-state index is -3.73. The number of nitrogens with zero attached hydrogens (tertiary/aromatic N) is 1. The molecule has 1 aliphatic heterocycles. The highest BCUT2D eigenvalue weighted by molar-refractivity contribution is 7.89. The minimum absolute atomic E-state index is 0.0235. The molecule has 6 nitrogen and oxygen atoms in total. The lowest BCUT2D eigenvalue weighted by Gasteiger charge is -2.19. The van der Waals surface area contributed by atoms with Gasteiger partial charge in [-0.3, -0.25) is 4.79 Å². The van der Waals surface area contributed by atoms with Crippen LogP contribution in [0.1, 0.15) is 6.42 Å². The van der Waals surface area contributed by atoms with Crippen molar-refractivity contribution in [1.29, 1.82) is 0 Å². The number of methoxy groups -OCH3 is 1. The Morgan fingerprint density at radius 3 is 2.68 bits per heavy atom. The van der Waals surface area contributed by atoms with Crippen LogP contribution in [0.3, 0.4) is 0 Å².